The van der Waals surface area contributed by atoms with Gasteiger partial charge in [0.15, 0.2) is 0 Å². The Hall–Kier alpha value is -1.33. The number of benzene rings is 2. The number of carbonyl (C=O) groups excluding carboxylic acids is 1. The molecular formula is C16H16Br2N2O. The number of carbonyl (C=O) groups is 1. The van der Waals surface area contributed by atoms with E-state index in [0.29, 0.717) is 5.56 Å². The quantitative estimate of drug-likeness (QED) is 0.783. The van der Waals surface area contributed by atoms with Crippen LogP contribution in [0.3, 0.4) is 0 Å². The van der Waals surface area contributed by atoms with Crippen molar-refractivity contribution in [2.45, 2.75) is 6.92 Å². The van der Waals surface area contributed by atoms with E-state index in [1.165, 1.54) is 0 Å². The lowest BCUT2D eigenvalue weighted by molar-refractivity contribution is 0.102. The van der Waals surface area contributed by atoms with Crippen LogP contribution in [0.5, 0.6) is 0 Å². The molecule has 0 fully saturated rings. The van der Waals surface area contributed by atoms with E-state index < -0.39 is 0 Å². The number of hydrogen-bond donors (Lipinski definition) is 1. The highest BCUT2D eigenvalue weighted by molar-refractivity contribution is 9.10. The van der Waals surface area contributed by atoms with Crippen LogP contribution < -0.4 is 10.2 Å². The van der Waals surface area contributed by atoms with Gasteiger partial charge in [-0.3, -0.25) is 4.79 Å². The fourth-order valence-corrected chi connectivity index (χ4v) is 2.82. The molecule has 0 aromatic heterocycles. The van der Waals surface area contributed by atoms with Crippen molar-refractivity contribution in [1.29, 1.82) is 0 Å². The molecule has 2 aromatic rings. The molecule has 0 atom stereocenters. The molecule has 2 aromatic carbocycles. The van der Waals surface area contributed by atoms with Crippen molar-refractivity contribution in [3.8, 4) is 0 Å². The molecule has 5 heteroatoms. The zero-order chi connectivity index (χ0) is 15.6. The third kappa shape index (κ3) is 3.66. The van der Waals surface area contributed by atoms with E-state index in [1.807, 2.05) is 56.3 Å². The first-order valence-electron chi connectivity index (χ1n) is 6.43. The van der Waals surface area contributed by atoms with E-state index in [9.17, 15) is 4.79 Å². The molecule has 110 valence electrons. The average molecular weight is 412 g/mol. The van der Waals surface area contributed by atoms with E-state index in [2.05, 4.69) is 37.2 Å². The lowest BCUT2D eigenvalue weighted by Gasteiger charge is -2.18. The second-order valence-corrected chi connectivity index (χ2v) is 6.66. The maximum Gasteiger partial charge on any atom is 0.256 e. The molecule has 1 N–H and O–H groups in total. The minimum Gasteiger partial charge on any atom is -0.376 e. The van der Waals surface area contributed by atoms with Crippen LogP contribution in [0, 0.1) is 6.92 Å². The lowest BCUT2D eigenvalue weighted by atomic mass is 10.1. The van der Waals surface area contributed by atoms with Crippen molar-refractivity contribution < 1.29 is 4.79 Å². The molecule has 0 saturated heterocycles. The van der Waals surface area contributed by atoms with E-state index in [1.54, 1.807) is 6.07 Å². The van der Waals surface area contributed by atoms with Crippen LogP contribution >= 0.6 is 31.9 Å². The van der Waals surface area contributed by atoms with Crippen molar-refractivity contribution in [2.24, 2.45) is 0 Å². The van der Waals surface area contributed by atoms with Gasteiger partial charge in [0.2, 0.25) is 0 Å². The number of hydrogen-bond acceptors (Lipinski definition) is 2. The van der Waals surface area contributed by atoms with Crippen molar-refractivity contribution in [2.75, 3.05) is 24.3 Å². The van der Waals surface area contributed by atoms with Gasteiger partial charge in [-0.1, -0.05) is 28.1 Å². The van der Waals surface area contributed by atoms with Gasteiger partial charge in [0.05, 0.1) is 16.9 Å². The summed E-state index contributed by atoms with van der Waals surface area (Å²) in [4.78, 5) is 14.5. The van der Waals surface area contributed by atoms with Gasteiger partial charge >= 0.3 is 0 Å². The van der Waals surface area contributed by atoms with E-state index in [4.69, 9.17) is 0 Å². The van der Waals surface area contributed by atoms with Crippen LogP contribution in [0.2, 0.25) is 0 Å². The highest BCUT2D eigenvalue weighted by Crippen LogP contribution is 2.29. The molecule has 0 aliphatic heterocycles. The Kier molecular flexibility index (Phi) is 5.06. The number of anilines is 2. The summed E-state index contributed by atoms with van der Waals surface area (Å²) < 4.78 is 1.75. The zero-order valence-electron chi connectivity index (χ0n) is 12.1. The molecular weight excluding hydrogens is 396 g/mol. The van der Waals surface area contributed by atoms with Crippen LogP contribution in [-0.2, 0) is 0 Å². The summed E-state index contributed by atoms with van der Waals surface area (Å²) in [5.74, 6) is -0.133. The normalized spacial score (nSPS) is 10.3. The van der Waals surface area contributed by atoms with Gasteiger partial charge in [-0.05, 0) is 52.7 Å². The number of aryl methyl sites for hydroxylation is 1. The third-order valence-electron chi connectivity index (χ3n) is 3.13. The first-order valence-corrected chi connectivity index (χ1v) is 8.02. The maximum atomic E-state index is 12.5. The van der Waals surface area contributed by atoms with Gasteiger partial charge in [-0.2, -0.15) is 0 Å². The highest BCUT2D eigenvalue weighted by Gasteiger charge is 2.14. The largest absolute Gasteiger partial charge is 0.376 e. The fraction of sp³-hybridized carbons (Fsp3) is 0.188. The number of amides is 1. The molecule has 0 saturated carbocycles. The minimum atomic E-state index is -0.133. The average Bonchev–Trinajstić information content (AvgIpc) is 2.41. The minimum absolute atomic E-state index is 0.133. The molecule has 21 heavy (non-hydrogen) atoms. The Morgan fingerprint density at radius 1 is 1.14 bits per heavy atom. The number of rotatable bonds is 3. The maximum absolute atomic E-state index is 12.5. The third-order valence-corrected chi connectivity index (χ3v) is 4.67. The van der Waals surface area contributed by atoms with Crippen LogP contribution in [-0.4, -0.2) is 20.0 Å². The summed E-state index contributed by atoms with van der Waals surface area (Å²) in [5, 5.41) is 2.98. The Morgan fingerprint density at radius 2 is 1.86 bits per heavy atom. The van der Waals surface area contributed by atoms with E-state index in [-0.39, 0.29) is 5.91 Å². The van der Waals surface area contributed by atoms with Crippen molar-refractivity contribution >= 4 is 49.1 Å². The van der Waals surface area contributed by atoms with Crippen molar-refractivity contribution in [3.05, 3.63) is 56.5 Å². The topological polar surface area (TPSA) is 32.3 Å². The molecule has 0 unspecified atom stereocenters. The van der Waals surface area contributed by atoms with E-state index >= 15 is 0 Å². The predicted molar refractivity (Wildman–Crippen MR) is 95.3 cm³/mol. The van der Waals surface area contributed by atoms with Gasteiger partial charge in [0.1, 0.15) is 0 Å². The molecule has 0 heterocycles. The van der Waals surface area contributed by atoms with Crippen LogP contribution in [0.15, 0.2) is 45.3 Å². The van der Waals surface area contributed by atoms with Gasteiger partial charge in [0, 0.05) is 23.0 Å². The molecule has 0 spiro atoms. The summed E-state index contributed by atoms with van der Waals surface area (Å²) in [5.41, 5.74) is 3.38. The smallest absolute Gasteiger partial charge is 0.256 e. The van der Waals surface area contributed by atoms with E-state index in [0.717, 1.165) is 25.9 Å². The van der Waals surface area contributed by atoms with Crippen LogP contribution in [0.4, 0.5) is 11.4 Å². The van der Waals surface area contributed by atoms with Crippen molar-refractivity contribution in [1.82, 2.24) is 0 Å². The van der Waals surface area contributed by atoms with Crippen molar-refractivity contribution in [3.63, 3.8) is 0 Å². The fourth-order valence-electron chi connectivity index (χ4n) is 2.01. The lowest BCUT2D eigenvalue weighted by Crippen LogP contribution is -2.17. The van der Waals surface area contributed by atoms with Gasteiger partial charge in [0.25, 0.3) is 5.91 Å². The molecule has 0 bridgehead atoms. The Morgan fingerprint density at radius 3 is 2.52 bits per heavy atom. The Balaban J connectivity index is 2.36. The molecule has 3 nitrogen and oxygen atoms in total. The van der Waals surface area contributed by atoms with Gasteiger partial charge < -0.3 is 10.2 Å². The predicted octanol–water partition coefficient (Wildman–Crippen LogP) is 4.84. The van der Waals surface area contributed by atoms with Gasteiger partial charge in [-0.15, -0.1) is 0 Å². The number of nitrogens with one attached hydrogen (secondary N) is 1. The second-order valence-electron chi connectivity index (χ2n) is 4.95. The monoisotopic (exact) mass is 410 g/mol. The Bertz CT molecular complexity index is 684. The molecule has 0 aliphatic rings. The zero-order valence-corrected chi connectivity index (χ0v) is 15.2. The SMILES string of the molecule is Cc1cccc(C(=O)Nc2cc(Br)ccc2N(C)C)c1Br. The first kappa shape index (κ1) is 16.0. The van der Waals surface area contributed by atoms with Crippen LogP contribution in [0.1, 0.15) is 15.9 Å². The Labute approximate surface area is 141 Å². The molecule has 2 rings (SSSR count). The summed E-state index contributed by atoms with van der Waals surface area (Å²) >= 11 is 6.91. The molecule has 0 aliphatic carbocycles. The number of nitrogens with zero attached hydrogens (tertiary/aromatic N) is 1. The summed E-state index contributed by atoms with van der Waals surface area (Å²) in [7, 11) is 3.89. The summed E-state index contributed by atoms with van der Waals surface area (Å²) in [6.07, 6.45) is 0. The highest BCUT2D eigenvalue weighted by atomic mass is 79.9. The van der Waals surface area contributed by atoms with Crippen LogP contribution in [0.25, 0.3) is 0 Å². The summed E-state index contributed by atoms with van der Waals surface area (Å²) in [6, 6.07) is 11.5. The molecule has 0 radical (unpaired) electrons. The molecule has 1 amide bonds. The first-order chi connectivity index (χ1) is 9.90. The second kappa shape index (κ2) is 6.62. The summed E-state index contributed by atoms with van der Waals surface area (Å²) in [6.45, 7) is 1.96. The van der Waals surface area contributed by atoms with Gasteiger partial charge in [-0.25, -0.2) is 0 Å². The number of halogens is 2. The standard InChI is InChI=1S/C16H16Br2N2O/c1-10-5-4-6-12(15(10)18)16(21)19-13-9-11(17)7-8-14(13)20(2)3/h4-9H,1-3H3,(H,19,21).